The van der Waals surface area contributed by atoms with Crippen molar-refractivity contribution in [3.8, 4) is 0 Å². The molecule has 1 heterocycles. The highest BCUT2D eigenvalue weighted by Gasteiger charge is 2.32. The first kappa shape index (κ1) is 11.9. The molecule has 1 aromatic heterocycles. The molecule has 1 aliphatic rings. The monoisotopic (exact) mass is 260 g/mol. The van der Waals surface area contributed by atoms with E-state index in [-0.39, 0.29) is 11.2 Å². The first-order valence-corrected chi connectivity index (χ1v) is 7.20. The third kappa shape index (κ3) is 1.71. The second-order valence-electron chi connectivity index (χ2n) is 5.86. The summed E-state index contributed by atoms with van der Waals surface area (Å²) in [6.07, 6.45) is 2.63. The lowest BCUT2D eigenvalue weighted by Gasteiger charge is -2.24. The largest absolute Gasteiger partial charge is 0.211 e. The van der Waals surface area contributed by atoms with E-state index in [9.17, 15) is 4.39 Å². The molecule has 0 N–H and O–H groups in total. The van der Waals surface area contributed by atoms with Crippen LogP contribution in [0.1, 0.15) is 43.6 Å². The van der Waals surface area contributed by atoms with E-state index in [1.54, 1.807) is 6.08 Å². The molecule has 1 atom stereocenters. The Hall–Kier alpha value is -1.15. The normalized spacial score (nSPS) is 22.4. The Morgan fingerprint density at radius 1 is 1.28 bits per heavy atom. The van der Waals surface area contributed by atoms with Gasteiger partial charge < -0.3 is 0 Å². The van der Waals surface area contributed by atoms with Crippen LogP contribution in [0.3, 0.4) is 0 Å². The van der Waals surface area contributed by atoms with Crippen LogP contribution in [0.25, 0.3) is 16.2 Å². The van der Waals surface area contributed by atoms with Crippen LogP contribution in [-0.2, 0) is 0 Å². The summed E-state index contributed by atoms with van der Waals surface area (Å²) in [5.41, 5.74) is 0.755. The predicted molar refractivity (Wildman–Crippen MR) is 77.7 cm³/mol. The van der Waals surface area contributed by atoms with Gasteiger partial charge in [-0.3, -0.25) is 0 Å². The minimum Gasteiger partial charge on any atom is -0.211 e. The molecule has 0 nitrogen and oxygen atoms in total. The third-order valence-corrected chi connectivity index (χ3v) is 5.26. The maximum Gasteiger partial charge on any atom is 0.106 e. The topological polar surface area (TPSA) is 0 Å². The predicted octanol–water partition coefficient (Wildman–Crippen LogP) is 5.75. The molecule has 0 radical (unpaired) electrons. The van der Waals surface area contributed by atoms with Gasteiger partial charge in [-0.15, -0.1) is 11.3 Å². The fourth-order valence-corrected chi connectivity index (χ4v) is 4.11. The number of benzene rings is 1. The minimum absolute atomic E-state index is 0.0108. The second kappa shape index (κ2) is 3.92. The van der Waals surface area contributed by atoms with Crippen LogP contribution in [0.4, 0.5) is 4.39 Å². The maximum atomic E-state index is 14.3. The van der Waals surface area contributed by atoms with Crippen molar-refractivity contribution in [1.29, 1.82) is 0 Å². The summed E-state index contributed by atoms with van der Waals surface area (Å²) >= 11 is 1.81. The fraction of sp³-hybridized carbons (Fsp3) is 0.375. The third-order valence-electron chi connectivity index (χ3n) is 3.84. The van der Waals surface area contributed by atoms with E-state index in [0.29, 0.717) is 5.92 Å². The van der Waals surface area contributed by atoms with Gasteiger partial charge in [0.2, 0.25) is 0 Å². The highest BCUT2D eigenvalue weighted by atomic mass is 32.1. The molecular formula is C16H17FS. The maximum absolute atomic E-state index is 14.3. The molecule has 2 heteroatoms. The molecule has 0 saturated carbocycles. The van der Waals surface area contributed by atoms with Crippen molar-refractivity contribution in [3.05, 3.63) is 40.5 Å². The first-order chi connectivity index (χ1) is 8.49. The van der Waals surface area contributed by atoms with Gasteiger partial charge in [0.25, 0.3) is 0 Å². The summed E-state index contributed by atoms with van der Waals surface area (Å²) in [6.45, 7) is 6.20. The zero-order chi connectivity index (χ0) is 12.9. The Balaban J connectivity index is 2.31. The summed E-state index contributed by atoms with van der Waals surface area (Å²) in [7, 11) is 0. The van der Waals surface area contributed by atoms with Crippen LogP contribution >= 0.6 is 11.3 Å². The summed E-state index contributed by atoms with van der Waals surface area (Å²) in [5.74, 6) is 0.425. The average molecular weight is 260 g/mol. The Morgan fingerprint density at radius 2 is 2.00 bits per heavy atom. The lowest BCUT2D eigenvalue weighted by molar-refractivity contribution is 0.313. The molecule has 0 aliphatic heterocycles. The van der Waals surface area contributed by atoms with E-state index in [4.69, 9.17) is 0 Å². The molecule has 1 aromatic carbocycles. The van der Waals surface area contributed by atoms with Gasteiger partial charge in [0, 0.05) is 20.4 Å². The molecule has 18 heavy (non-hydrogen) atoms. The lowest BCUT2D eigenvalue weighted by atomic mass is 9.83. The highest BCUT2D eigenvalue weighted by Crippen LogP contribution is 2.47. The number of hydrogen-bond donors (Lipinski definition) is 0. The van der Waals surface area contributed by atoms with Crippen LogP contribution < -0.4 is 0 Å². The van der Waals surface area contributed by atoms with Gasteiger partial charge in [0.05, 0.1) is 0 Å². The van der Waals surface area contributed by atoms with Gasteiger partial charge in [-0.25, -0.2) is 4.39 Å². The van der Waals surface area contributed by atoms with Crippen LogP contribution in [-0.4, -0.2) is 0 Å². The molecule has 2 aromatic rings. The van der Waals surface area contributed by atoms with Crippen LogP contribution in [0.2, 0.25) is 0 Å². The van der Waals surface area contributed by atoms with Crippen LogP contribution in [0.5, 0.6) is 0 Å². The van der Waals surface area contributed by atoms with E-state index < -0.39 is 0 Å². The smallest absolute Gasteiger partial charge is 0.106 e. The number of thiophene rings is 1. The van der Waals surface area contributed by atoms with Crippen molar-refractivity contribution in [3.63, 3.8) is 0 Å². The Bertz CT molecular complexity index is 634. The Morgan fingerprint density at radius 3 is 2.78 bits per heavy atom. The van der Waals surface area contributed by atoms with E-state index >= 15 is 0 Å². The molecule has 0 bridgehead atoms. The summed E-state index contributed by atoms with van der Waals surface area (Å²) in [6, 6.07) is 8.30. The van der Waals surface area contributed by atoms with Crippen molar-refractivity contribution in [1.82, 2.24) is 0 Å². The summed E-state index contributed by atoms with van der Waals surface area (Å²) in [5, 5.41) is 1.19. The zero-order valence-electron chi connectivity index (χ0n) is 11.0. The van der Waals surface area contributed by atoms with Crippen LogP contribution in [0, 0.1) is 5.41 Å². The fourth-order valence-electron chi connectivity index (χ4n) is 2.88. The molecule has 0 saturated heterocycles. The second-order valence-corrected chi connectivity index (χ2v) is 6.94. The molecule has 0 spiro atoms. The Kier molecular flexibility index (Phi) is 2.60. The van der Waals surface area contributed by atoms with Gasteiger partial charge in [0.1, 0.15) is 5.83 Å². The molecule has 94 valence electrons. The highest BCUT2D eigenvalue weighted by molar-refractivity contribution is 7.19. The molecule has 0 fully saturated rings. The standard InChI is InChI=1S/C16H17FS/c1-10-9-16(2,3)14(17)8-12-11-6-4-5-7-13(11)18-15(10)12/h4-8,10H,9H2,1-3H3. The number of hydrogen-bond acceptors (Lipinski definition) is 1. The molecular weight excluding hydrogens is 243 g/mol. The molecule has 3 rings (SSSR count). The zero-order valence-corrected chi connectivity index (χ0v) is 11.8. The van der Waals surface area contributed by atoms with E-state index in [0.717, 1.165) is 12.0 Å². The van der Waals surface area contributed by atoms with Crippen molar-refractivity contribution in [2.45, 2.75) is 33.1 Å². The SMILES string of the molecule is CC1CC(C)(C)C(F)=Cc2c1sc1ccccc21. The van der Waals surface area contributed by atoms with E-state index in [2.05, 4.69) is 19.1 Å². The van der Waals surface area contributed by atoms with Gasteiger partial charge in [0.15, 0.2) is 0 Å². The van der Waals surface area contributed by atoms with Crippen molar-refractivity contribution in [2.75, 3.05) is 0 Å². The lowest BCUT2D eigenvalue weighted by Crippen LogP contribution is -2.13. The van der Waals surface area contributed by atoms with Crippen molar-refractivity contribution < 1.29 is 4.39 Å². The van der Waals surface area contributed by atoms with E-state index in [1.807, 2.05) is 37.3 Å². The van der Waals surface area contributed by atoms with E-state index in [1.165, 1.54) is 15.0 Å². The van der Waals surface area contributed by atoms with Crippen molar-refractivity contribution in [2.24, 2.45) is 5.41 Å². The number of rotatable bonds is 0. The van der Waals surface area contributed by atoms with Crippen molar-refractivity contribution >= 4 is 27.5 Å². The Labute approximate surface area is 111 Å². The summed E-state index contributed by atoms with van der Waals surface area (Å²) in [4.78, 5) is 1.33. The molecule has 0 amide bonds. The van der Waals surface area contributed by atoms with Gasteiger partial charge >= 0.3 is 0 Å². The molecule has 1 unspecified atom stereocenters. The van der Waals surface area contributed by atoms with Gasteiger partial charge in [-0.1, -0.05) is 39.0 Å². The quantitative estimate of drug-likeness (QED) is 0.566. The van der Waals surface area contributed by atoms with Gasteiger partial charge in [-0.05, 0) is 30.0 Å². The van der Waals surface area contributed by atoms with Gasteiger partial charge in [-0.2, -0.15) is 0 Å². The molecule has 1 aliphatic carbocycles. The first-order valence-electron chi connectivity index (χ1n) is 6.38. The van der Waals surface area contributed by atoms with Crippen LogP contribution in [0.15, 0.2) is 30.1 Å². The number of allylic oxidation sites excluding steroid dienone is 1. The number of fused-ring (bicyclic) bond motifs is 3. The average Bonchev–Trinajstić information content (AvgIpc) is 2.64. The number of halogens is 1. The minimum atomic E-state index is -0.348. The summed E-state index contributed by atoms with van der Waals surface area (Å²) < 4.78 is 15.6.